The van der Waals surface area contributed by atoms with Crippen LogP contribution in [0.5, 0.6) is 0 Å². The molecule has 5 nitrogen and oxygen atoms in total. The number of carbonyl (C=O) groups is 1. The van der Waals surface area contributed by atoms with E-state index in [1.165, 1.54) is 4.90 Å². The highest BCUT2D eigenvalue weighted by Gasteiger charge is 2.21. The molecule has 106 valence electrons. The molecule has 0 bridgehead atoms. The van der Waals surface area contributed by atoms with E-state index in [1.807, 2.05) is 24.3 Å². The van der Waals surface area contributed by atoms with Crippen LogP contribution in [0.4, 0.5) is 4.79 Å². The number of carboxylic acid groups (broad SMARTS) is 1. The average molecular weight is 273 g/mol. The van der Waals surface area contributed by atoms with Crippen LogP contribution in [-0.2, 0) is 6.54 Å². The number of piperidine rings is 1. The van der Waals surface area contributed by atoms with Crippen molar-refractivity contribution in [2.75, 3.05) is 19.6 Å². The molecule has 1 aliphatic rings. The van der Waals surface area contributed by atoms with Crippen molar-refractivity contribution in [3.05, 3.63) is 35.4 Å². The number of rotatable bonds is 4. The van der Waals surface area contributed by atoms with Crippen molar-refractivity contribution in [1.82, 2.24) is 10.2 Å². The molecule has 0 aliphatic carbocycles. The minimum atomic E-state index is -0.811. The molecular weight excluding hydrogens is 254 g/mol. The molecule has 1 aliphatic heterocycles. The molecule has 0 radical (unpaired) electrons. The highest BCUT2D eigenvalue weighted by atomic mass is 16.4. The van der Waals surface area contributed by atoms with Crippen molar-refractivity contribution < 1.29 is 9.90 Å². The SMILES string of the molecule is N#Cc1ccc(CNCC2CCN(C(=O)O)CC2)cc1. The third-order valence-corrected chi connectivity index (χ3v) is 3.73. The fourth-order valence-electron chi connectivity index (χ4n) is 2.45. The summed E-state index contributed by atoms with van der Waals surface area (Å²) in [6.07, 6.45) is 1.04. The van der Waals surface area contributed by atoms with E-state index in [0.29, 0.717) is 24.6 Å². The Morgan fingerprint density at radius 1 is 1.35 bits per heavy atom. The van der Waals surface area contributed by atoms with E-state index in [1.54, 1.807) is 0 Å². The van der Waals surface area contributed by atoms with E-state index >= 15 is 0 Å². The van der Waals surface area contributed by atoms with E-state index in [9.17, 15) is 4.79 Å². The lowest BCUT2D eigenvalue weighted by atomic mass is 9.97. The maximum absolute atomic E-state index is 10.8. The quantitative estimate of drug-likeness (QED) is 0.880. The van der Waals surface area contributed by atoms with Gasteiger partial charge in [0.1, 0.15) is 0 Å². The molecular formula is C15H19N3O2. The summed E-state index contributed by atoms with van der Waals surface area (Å²) >= 11 is 0. The van der Waals surface area contributed by atoms with Gasteiger partial charge in [-0.05, 0) is 43.0 Å². The van der Waals surface area contributed by atoms with Crippen LogP contribution in [0.25, 0.3) is 0 Å². The smallest absolute Gasteiger partial charge is 0.407 e. The van der Waals surface area contributed by atoms with E-state index in [0.717, 1.165) is 31.5 Å². The zero-order valence-electron chi connectivity index (χ0n) is 11.4. The van der Waals surface area contributed by atoms with Gasteiger partial charge < -0.3 is 15.3 Å². The molecule has 1 fully saturated rings. The van der Waals surface area contributed by atoms with Gasteiger partial charge in [-0.15, -0.1) is 0 Å². The maximum atomic E-state index is 10.8. The molecule has 1 amide bonds. The first-order chi connectivity index (χ1) is 9.69. The fraction of sp³-hybridized carbons (Fsp3) is 0.467. The van der Waals surface area contributed by atoms with Gasteiger partial charge in [-0.2, -0.15) is 5.26 Å². The number of nitrogens with one attached hydrogen (secondary N) is 1. The van der Waals surface area contributed by atoms with Crippen LogP contribution in [0.2, 0.25) is 0 Å². The second kappa shape index (κ2) is 6.92. The van der Waals surface area contributed by atoms with Crippen LogP contribution < -0.4 is 5.32 Å². The summed E-state index contributed by atoms with van der Waals surface area (Å²) in [5.74, 6) is 0.545. The van der Waals surface area contributed by atoms with Crippen molar-refractivity contribution in [3.8, 4) is 6.07 Å². The predicted octanol–water partition coefficient (Wildman–Crippen LogP) is 2.04. The van der Waals surface area contributed by atoms with E-state index in [2.05, 4.69) is 11.4 Å². The Balaban J connectivity index is 1.69. The molecule has 2 rings (SSSR count). The number of amides is 1. The molecule has 5 heteroatoms. The normalized spacial score (nSPS) is 15.8. The zero-order chi connectivity index (χ0) is 14.4. The Kier molecular flexibility index (Phi) is 4.97. The second-order valence-corrected chi connectivity index (χ2v) is 5.15. The third-order valence-electron chi connectivity index (χ3n) is 3.73. The van der Waals surface area contributed by atoms with Crippen LogP contribution in [0.1, 0.15) is 24.0 Å². The van der Waals surface area contributed by atoms with Gasteiger partial charge in [0.2, 0.25) is 0 Å². The summed E-state index contributed by atoms with van der Waals surface area (Å²) < 4.78 is 0. The molecule has 1 aromatic carbocycles. The Morgan fingerprint density at radius 2 is 2.00 bits per heavy atom. The molecule has 1 heterocycles. The monoisotopic (exact) mass is 273 g/mol. The van der Waals surface area contributed by atoms with Gasteiger partial charge in [-0.25, -0.2) is 4.79 Å². The lowest BCUT2D eigenvalue weighted by Crippen LogP contribution is -2.39. The number of hydrogen-bond acceptors (Lipinski definition) is 3. The number of nitriles is 1. The minimum Gasteiger partial charge on any atom is -0.465 e. The molecule has 20 heavy (non-hydrogen) atoms. The molecule has 0 unspecified atom stereocenters. The lowest BCUT2D eigenvalue weighted by molar-refractivity contribution is 0.124. The Labute approximate surface area is 118 Å². The Morgan fingerprint density at radius 3 is 2.55 bits per heavy atom. The van der Waals surface area contributed by atoms with E-state index < -0.39 is 6.09 Å². The van der Waals surface area contributed by atoms with Gasteiger partial charge in [0.05, 0.1) is 11.6 Å². The molecule has 0 saturated carbocycles. The topological polar surface area (TPSA) is 76.4 Å². The minimum absolute atomic E-state index is 0.545. The van der Waals surface area contributed by atoms with Gasteiger partial charge in [0.15, 0.2) is 0 Å². The third kappa shape index (κ3) is 3.97. The number of likely N-dealkylation sites (tertiary alicyclic amines) is 1. The summed E-state index contributed by atoms with van der Waals surface area (Å²) in [6.45, 7) is 2.97. The first kappa shape index (κ1) is 14.4. The largest absolute Gasteiger partial charge is 0.465 e. The summed E-state index contributed by atoms with van der Waals surface area (Å²) in [4.78, 5) is 12.3. The van der Waals surface area contributed by atoms with Crippen LogP contribution in [0, 0.1) is 17.2 Å². The second-order valence-electron chi connectivity index (χ2n) is 5.15. The first-order valence-corrected chi connectivity index (χ1v) is 6.86. The lowest BCUT2D eigenvalue weighted by Gasteiger charge is -2.30. The number of benzene rings is 1. The van der Waals surface area contributed by atoms with Gasteiger partial charge >= 0.3 is 6.09 Å². The highest BCUT2D eigenvalue weighted by Crippen LogP contribution is 2.16. The first-order valence-electron chi connectivity index (χ1n) is 6.86. The van der Waals surface area contributed by atoms with Gasteiger partial charge in [-0.3, -0.25) is 0 Å². The molecule has 0 atom stereocenters. The summed E-state index contributed by atoms with van der Waals surface area (Å²) in [5, 5.41) is 21.0. The van der Waals surface area contributed by atoms with Crippen molar-refractivity contribution in [2.24, 2.45) is 5.92 Å². The summed E-state index contributed by atoms with van der Waals surface area (Å²) in [7, 11) is 0. The van der Waals surface area contributed by atoms with E-state index in [4.69, 9.17) is 10.4 Å². The van der Waals surface area contributed by atoms with Crippen LogP contribution >= 0.6 is 0 Å². The Bertz CT molecular complexity index is 485. The van der Waals surface area contributed by atoms with Gasteiger partial charge in [-0.1, -0.05) is 12.1 Å². The fourth-order valence-corrected chi connectivity index (χ4v) is 2.45. The number of hydrogen-bond donors (Lipinski definition) is 2. The maximum Gasteiger partial charge on any atom is 0.407 e. The van der Waals surface area contributed by atoms with Crippen LogP contribution in [0.15, 0.2) is 24.3 Å². The zero-order valence-corrected chi connectivity index (χ0v) is 11.4. The van der Waals surface area contributed by atoms with Gasteiger partial charge in [0.25, 0.3) is 0 Å². The molecule has 1 saturated heterocycles. The molecule has 1 aromatic rings. The van der Waals surface area contributed by atoms with Crippen molar-refractivity contribution in [2.45, 2.75) is 19.4 Å². The van der Waals surface area contributed by atoms with Crippen LogP contribution in [0.3, 0.4) is 0 Å². The summed E-state index contributed by atoms with van der Waals surface area (Å²) in [6, 6.07) is 9.66. The van der Waals surface area contributed by atoms with Crippen molar-refractivity contribution in [1.29, 1.82) is 5.26 Å². The van der Waals surface area contributed by atoms with Crippen molar-refractivity contribution in [3.63, 3.8) is 0 Å². The van der Waals surface area contributed by atoms with E-state index in [-0.39, 0.29) is 0 Å². The molecule has 0 spiro atoms. The summed E-state index contributed by atoms with van der Waals surface area (Å²) in [5.41, 5.74) is 1.83. The highest BCUT2D eigenvalue weighted by molar-refractivity contribution is 5.64. The average Bonchev–Trinajstić information content (AvgIpc) is 2.48. The standard InChI is InChI=1S/C15H19N3O2/c16-9-12-1-3-13(4-2-12)10-17-11-14-5-7-18(8-6-14)15(19)20/h1-4,14,17H,5-8,10-11H2,(H,19,20). The van der Waals surface area contributed by atoms with Crippen molar-refractivity contribution >= 4 is 6.09 Å². The predicted molar refractivity (Wildman–Crippen MR) is 75.2 cm³/mol. The molecule has 2 N–H and O–H groups in total. The molecule has 0 aromatic heterocycles. The van der Waals surface area contributed by atoms with Gasteiger partial charge in [0, 0.05) is 19.6 Å². The Hall–Kier alpha value is -2.06. The number of nitrogens with zero attached hydrogens (tertiary/aromatic N) is 2. The van der Waals surface area contributed by atoms with Crippen LogP contribution in [-0.4, -0.2) is 35.7 Å².